The van der Waals surface area contributed by atoms with E-state index in [2.05, 4.69) is 11.6 Å². The molecule has 2 rings (SSSR count). The zero-order valence-corrected chi connectivity index (χ0v) is 17.7. The monoisotopic (exact) mass is 418 g/mol. The highest BCUT2D eigenvalue weighted by molar-refractivity contribution is 8.15. The number of hydrogen-bond acceptors (Lipinski definition) is 5. The number of carbonyl (C=O) groups is 1. The third kappa shape index (κ3) is 6.93. The second-order valence-corrected chi connectivity index (χ2v) is 7.82. The molecule has 0 unspecified atom stereocenters. The SMILES string of the molecule is C=C(C)N=C1SCC(=O)N1c1cc(C)ccc1COCC(O)(Cl)Cl.CC. The number of anilines is 1. The van der Waals surface area contributed by atoms with Gasteiger partial charge in [-0.3, -0.25) is 9.69 Å². The molecule has 1 amide bonds. The predicted octanol–water partition coefficient (Wildman–Crippen LogP) is 4.63. The molecule has 5 nitrogen and oxygen atoms in total. The van der Waals surface area contributed by atoms with Gasteiger partial charge in [-0.15, -0.1) is 0 Å². The molecule has 1 heterocycles. The predicted molar refractivity (Wildman–Crippen MR) is 111 cm³/mol. The van der Waals surface area contributed by atoms with Crippen molar-refractivity contribution >= 4 is 51.7 Å². The average Bonchev–Trinajstić information content (AvgIpc) is 2.89. The highest BCUT2D eigenvalue weighted by atomic mass is 35.5. The lowest BCUT2D eigenvalue weighted by Gasteiger charge is -2.21. The molecule has 1 N–H and O–H groups in total. The summed E-state index contributed by atoms with van der Waals surface area (Å²) in [6.07, 6.45) is 0. The number of benzene rings is 1. The number of aryl methyl sites for hydroxylation is 1. The molecular weight excluding hydrogens is 395 g/mol. The van der Waals surface area contributed by atoms with Crippen LogP contribution < -0.4 is 4.90 Å². The van der Waals surface area contributed by atoms with E-state index in [0.29, 0.717) is 22.3 Å². The molecule has 0 saturated carbocycles. The first-order valence-corrected chi connectivity index (χ1v) is 9.89. The van der Waals surface area contributed by atoms with E-state index in [4.69, 9.17) is 27.9 Å². The van der Waals surface area contributed by atoms with Gasteiger partial charge in [0.2, 0.25) is 10.4 Å². The Balaban J connectivity index is 0.00000163. The Bertz CT molecular complexity index is 688. The van der Waals surface area contributed by atoms with Crippen molar-refractivity contribution in [3.63, 3.8) is 0 Å². The minimum Gasteiger partial charge on any atom is -0.371 e. The number of aliphatic hydroxyl groups is 1. The van der Waals surface area contributed by atoms with Crippen molar-refractivity contribution in [1.82, 2.24) is 0 Å². The van der Waals surface area contributed by atoms with Gasteiger partial charge in [0.05, 0.1) is 18.0 Å². The van der Waals surface area contributed by atoms with Crippen LogP contribution in [-0.4, -0.2) is 33.1 Å². The molecule has 8 heteroatoms. The van der Waals surface area contributed by atoms with E-state index in [1.165, 1.54) is 11.8 Å². The van der Waals surface area contributed by atoms with Gasteiger partial charge in [0.25, 0.3) is 0 Å². The third-order valence-electron chi connectivity index (χ3n) is 3.07. The van der Waals surface area contributed by atoms with Gasteiger partial charge in [-0.2, -0.15) is 0 Å². The van der Waals surface area contributed by atoms with E-state index >= 15 is 0 Å². The van der Waals surface area contributed by atoms with Crippen molar-refractivity contribution in [1.29, 1.82) is 0 Å². The fourth-order valence-electron chi connectivity index (χ4n) is 2.13. The molecule has 0 aromatic heterocycles. The molecule has 0 bridgehead atoms. The van der Waals surface area contributed by atoms with Crippen molar-refractivity contribution in [2.75, 3.05) is 17.3 Å². The van der Waals surface area contributed by atoms with E-state index in [1.54, 1.807) is 11.8 Å². The summed E-state index contributed by atoms with van der Waals surface area (Å²) >= 11 is 12.4. The summed E-state index contributed by atoms with van der Waals surface area (Å²) < 4.78 is 3.41. The number of hydrogen-bond donors (Lipinski definition) is 1. The number of halogens is 2. The lowest BCUT2D eigenvalue weighted by atomic mass is 10.1. The zero-order chi connectivity index (χ0) is 19.9. The molecule has 144 valence electrons. The first-order valence-electron chi connectivity index (χ1n) is 8.15. The maximum atomic E-state index is 12.3. The van der Waals surface area contributed by atoms with E-state index < -0.39 is 4.52 Å². The molecule has 0 atom stereocenters. The van der Waals surface area contributed by atoms with E-state index in [1.807, 2.05) is 39.0 Å². The largest absolute Gasteiger partial charge is 0.371 e. The Kier molecular flexibility index (Phi) is 9.13. The normalized spacial score (nSPS) is 15.9. The van der Waals surface area contributed by atoms with Gasteiger partial charge in [0.1, 0.15) is 6.61 Å². The maximum Gasteiger partial charge on any atom is 0.243 e. The number of amidine groups is 1. The topological polar surface area (TPSA) is 62.1 Å². The lowest BCUT2D eigenvalue weighted by Crippen LogP contribution is -2.30. The molecule has 1 aromatic rings. The van der Waals surface area contributed by atoms with Crippen LogP contribution in [0.5, 0.6) is 0 Å². The number of ether oxygens (including phenoxy) is 1. The van der Waals surface area contributed by atoms with Crippen molar-refractivity contribution in [2.24, 2.45) is 4.99 Å². The van der Waals surface area contributed by atoms with Crippen molar-refractivity contribution in [3.8, 4) is 0 Å². The number of allylic oxidation sites excluding steroid dienone is 1. The highest BCUT2D eigenvalue weighted by Crippen LogP contribution is 2.31. The number of nitrogens with zero attached hydrogens (tertiary/aromatic N) is 2. The molecule has 1 aliphatic rings. The standard InChI is InChI=1S/C16H18Cl2N2O3S.C2H6/c1-10(2)19-15-20(14(21)8-24-15)13-6-11(3)4-5-12(13)7-23-9-16(17,18)22;1-2/h4-6,22H,1,7-9H2,2-3H3;1-2H3. The van der Waals surface area contributed by atoms with Crippen LogP contribution >= 0.6 is 35.0 Å². The number of alkyl halides is 2. The summed E-state index contributed by atoms with van der Waals surface area (Å²) in [6, 6.07) is 5.67. The van der Waals surface area contributed by atoms with Gasteiger partial charge in [-0.1, -0.05) is 67.5 Å². The first-order chi connectivity index (χ1) is 12.2. The summed E-state index contributed by atoms with van der Waals surface area (Å²) in [5.74, 6) is 0.266. The zero-order valence-electron chi connectivity index (χ0n) is 15.4. The number of rotatable bonds is 6. The Morgan fingerprint density at radius 2 is 2.12 bits per heavy atom. The van der Waals surface area contributed by atoms with Crippen LogP contribution in [0, 0.1) is 6.92 Å². The van der Waals surface area contributed by atoms with Crippen LogP contribution in [0.2, 0.25) is 0 Å². The van der Waals surface area contributed by atoms with Gasteiger partial charge in [0, 0.05) is 11.3 Å². The molecule has 1 fully saturated rings. The van der Waals surface area contributed by atoms with Gasteiger partial charge >= 0.3 is 0 Å². The van der Waals surface area contributed by atoms with Gasteiger partial charge in [-0.05, 0) is 25.5 Å². The van der Waals surface area contributed by atoms with Crippen LogP contribution in [0.25, 0.3) is 0 Å². The smallest absolute Gasteiger partial charge is 0.243 e. The molecular formula is C18H24Cl2N2O3S. The molecule has 0 radical (unpaired) electrons. The number of carbonyl (C=O) groups excluding carboxylic acids is 1. The summed E-state index contributed by atoms with van der Waals surface area (Å²) in [5, 5.41) is 9.90. The number of amides is 1. The Morgan fingerprint density at radius 1 is 1.46 bits per heavy atom. The summed E-state index contributed by atoms with van der Waals surface area (Å²) in [6.45, 7) is 11.4. The Morgan fingerprint density at radius 3 is 2.69 bits per heavy atom. The molecule has 26 heavy (non-hydrogen) atoms. The minimum atomic E-state index is -1.95. The molecule has 1 aromatic carbocycles. The third-order valence-corrected chi connectivity index (χ3v) is 4.21. The minimum absolute atomic E-state index is 0.0574. The molecule has 1 saturated heterocycles. The first kappa shape index (κ1) is 23.0. The van der Waals surface area contributed by atoms with Gasteiger partial charge < -0.3 is 9.84 Å². The van der Waals surface area contributed by atoms with E-state index in [9.17, 15) is 9.90 Å². The Hall–Kier alpha value is -1.05. The second-order valence-electron chi connectivity index (χ2n) is 5.44. The molecule has 0 aliphatic carbocycles. The molecule has 1 aliphatic heterocycles. The van der Waals surface area contributed by atoms with Gasteiger partial charge in [0.15, 0.2) is 5.17 Å². The average molecular weight is 419 g/mol. The molecule has 0 spiro atoms. The highest BCUT2D eigenvalue weighted by Gasteiger charge is 2.31. The van der Waals surface area contributed by atoms with Crippen molar-refractivity contribution in [2.45, 2.75) is 38.8 Å². The van der Waals surface area contributed by atoms with Crippen molar-refractivity contribution in [3.05, 3.63) is 41.6 Å². The summed E-state index contributed by atoms with van der Waals surface area (Å²) in [4.78, 5) is 18.2. The fourth-order valence-corrected chi connectivity index (χ4v) is 3.22. The fraction of sp³-hybridized carbons (Fsp3) is 0.444. The Labute approximate surface area is 169 Å². The quantitative estimate of drug-likeness (QED) is 0.683. The summed E-state index contributed by atoms with van der Waals surface area (Å²) in [5.41, 5.74) is 3.08. The van der Waals surface area contributed by atoms with Crippen LogP contribution in [0.3, 0.4) is 0 Å². The second kappa shape index (κ2) is 10.3. The maximum absolute atomic E-state index is 12.3. The number of thioether (sulfide) groups is 1. The number of aliphatic imine (C=N–C) groups is 1. The van der Waals surface area contributed by atoms with Crippen LogP contribution in [0.4, 0.5) is 5.69 Å². The van der Waals surface area contributed by atoms with Crippen LogP contribution in [0.15, 0.2) is 35.5 Å². The van der Waals surface area contributed by atoms with Crippen LogP contribution in [0.1, 0.15) is 31.9 Å². The van der Waals surface area contributed by atoms with Crippen molar-refractivity contribution < 1.29 is 14.6 Å². The van der Waals surface area contributed by atoms with Crippen LogP contribution in [-0.2, 0) is 16.1 Å². The van der Waals surface area contributed by atoms with E-state index in [0.717, 1.165) is 11.1 Å². The lowest BCUT2D eigenvalue weighted by molar-refractivity contribution is -0.115. The van der Waals surface area contributed by atoms with E-state index in [-0.39, 0.29) is 19.1 Å². The summed E-state index contributed by atoms with van der Waals surface area (Å²) in [7, 11) is 0. The van der Waals surface area contributed by atoms with Gasteiger partial charge in [-0.25, -0.2) is 4.99 Å².